The van der Waals surface area contributed by atoms with Gasteiger partial charge in [0.25, 0.3) is 0 Å². The van der Waals surface area contributed by atoms with Gasteiger partial charge >= 0.3 is 0 Å². The van der Waals surface area contributed by atoms with E-state index in [9.17, 15) is 4.79 Å². The second-order valence-electron chi connectivity index (χ2n) is 4.57. The summed E-state index contributed by atoms with van der Waals surface area (Å²) in [5.74, 6) is 0.156. The van der Waals surface area contributed by atoms with Gasteiger partial charge in [0.05, 0.1) is 0 Å². The normalized spacial score (nSPS) is 10.2. The molecule has 0 bridgehead atoms. The predicted octanol–water partition coefficient (Wildman–Crippen LogP) is 3.23. The molecule has 0 fully saturated rings. The molecule has 2 heteroatoms. The van der Waals surface area contributed by atoms with Crippen molar-refractivity contribution in [3.63, 3.8) is 0 Å². The molecule has 0 heterocycles. The van der Waals surface area contributed by atoms with Crippen LogP contribution in [-0.4, -0.2) is 13.0 Å². The zero-order chi connectivity index (χ0) is 12.5. The third-order valence-electron chi connectivity index (χ3n) is 3.02. The summed E-state index contributed by atoms with van der Waals surface area (Å²) in [6.45, 7) is 2.11. The van der Waals surface area contributed by atoms with E-state index in [-0.39, 0.29) is 5.91 Å². The summed E-state index contributed by atoms with van der Waals surface area (Å²) in [7, 11) is 1.69. The summed E-state index contributed by atoms with van der Waals surface area (Å²) < 4.78 is 0. The minimum atomic E-state index is 0.156. The minimum absolute atomic E-state index is 0.156. The predicted molar refractivity (Wildman–Crippen MR) is 72.0 cm³/mol. The summed E-state index contributed by atoms with van der Waals surface area (Å²) in [6.07, 6.45) is 6.41. The van der Waals surface area contributed by atoms with Crippen LogP contribution in [0.25, 0.3) is 0 Å². The highest BCUT2D eigenvalue weighted by atomic mass is 16.1. The first-order valence-electron chi connectivity index (χ1n) is 6.48. The third-order valence-corrected chi connectivity index (χ3v) is 3.02. The fourth-order valence-electron chi connectivity index (χ4n) is 1.85. The molecule has 0 aliphatic carbocycles. The highest BCUT2D eigenvalue weighted by molar-refractivity contribution is 5.75. The summed E-state index contributed by atoms with van der Waals surface area (Å²) in [5, 5.41) is 2.65. The molecule has 1 aromatic rings. The van der Waals surface area contributed by atoms with Crippen LogP contribution in [0.1, 0.15) is 43.2 Å². The Hall–Kier alpha value is -1.31. The maximum Gasteiger partial charge on any atom is 0.219 e. The van der Waals surface area contributed by atoms with Crippen LogP contribution in [0.2, 0.25) is 0 Å². The number of carbonyl (C=O) groups is 1. The molecule has 94 valence electrons. The third kappa shape index (κ3) is 6.10. The topological polar surface area (TPSA) is 29.1 Å². The number of rotatable bonds is 7. The van der Waals surface area contributed by atoms with Gasteiger partial charge in [0, 0.05) is 13.5 Å². The molecular weight excluding hydrogens is 210 g/mol. The lowest BCUT2D eigenvalue weighted by Crippen LogP contribution is -2.16. The number of unbranched alkanes of at least 4 members (excludes halogenated alkanes) is 3. The maximum atomic E-state index is 11.0. The number of hydrogen-bond acceptors (Lipinski definition) is 1. The molecule has 0 spiro atoms. The van der Waals surface area contributed by atoms with E-state index in [1.807, 2.05) is 0 Å². The van der Waals surface area contributed by atoms with Crippen molar-refractivity contribution >= 4 is 5.91 Å². The Morgan fingerprint density at radius 1 is 1.06 bits per heavy atom. The summed E-state index contributed by atoms with van der Waals surface area (Å²) >= 11 is 0. The molecule has 0 saturated carbocycles. The van der Waals surface area contributed by atoms with Gasteiger partial charge in [0.1, 0.15) is 0 Å². The van der Waals surface area contributed by atoms with Gasteiger partial charge in [-0.3, -0.25) is 4.79 Å². The fourth-order valence-corrected chi connectivity index (χ4v) is 1.85. The molecule has 1 aromatic carbocycles. The largest absolute Gasteiger partial charge is 0.359 e. The average Bonchev–Trinajstić information content (AvgIpc) is 2.35. The second-order valence-corrected chi connectivity index (χ2v) is 4.57. The van der Waals surface area contributed by atoms with E-state index in [4.69, 9.17) is 0 Å². The van der Waals surface area contributed by atoms with Gasteiger partial charge in [-0.15, -0.1) is 0 Å². The fraction of sp³-hybridized carbons (Fsp3) is 0.533. The van der Waals surface area contributed by atoms with Gasteiger partial charge in [-0.05, 0) is 31.7 Å². The van der Waals surface area contributed by atoms with Crippen LogP contribution >= 0.6 is 0 Å². The van der Waals surface area contributed by atoms with Crippen molar-refractivity contribution in [1.82, 2.24) is 5.32 Å². The molecule has 2 nitrogen and oxygen atoms in total. The smallest absolute Gasteiger partial charge is 0.219 e. The molecule has 0 aliphatic heterocycles. The molecule has 1 amide bonds. The average molecular weight is 233 g/mol. The van der Waals surface area contributed by atoms with Crippen molar-refractivity contribution in [3.8, 4) is 0 Å². The first-order valence-corrected chi connectivity index (χ1v) is 6.48. The lowest BCUT2D eigenvalue weighted by atomic mass is 10.0. The molecule has 0 radical (unpaired) electrons. The lowest BCUT2D eigenvalue weighted by Gasteiger charge is -2.03. The van der Waals surface area contributed by atoms with Gasteiger partial charge in [-0.25, -0.2) is 0 Å². The zero-order valence-corrected chi connectivity index (χ0v) is 11.0. The molecule has 0 unspecified atom stereocenters. The monoisotopic (exact) mass is 233 g/mol. The number of aryl methyl sites for hydroxylation is 2. The van der Waals surface area contributed by atoms with Crippen LogP contribution in [0, 0.1) is 6.92 Å². The molecule has 0 atom stereocenters. The van der Waals surface area contributed by atoms with E-state index in [1.165, 1.54) is 24.0 Å². The van der Waals surface area contributed by atoms with E-state index in [1.54, 1.807) is 7.05 Å². The molecule has 1 N–H and O–H groups in total. The van der Waals surface area contributed by atoms with Crippen LogP contribution in [0.15, 0.2) is 24.3 Å². The van der Waals surface area contributed by atoms with Crippen molar-refractivity contribution in [1.29, 1.82) is 0 Å². The van der Waals surface area contributed by atoms with Crippen molar-refractivity contribution in [3.05, 3.63) is 35.4 Å². The molecule has 0 saturated heterocycles. The maximum absolute atomic E-state index is 11.0. The van der Waals surface area contributed by atoms with Gasteiger partial charge in [0.2, 0.25) is 5.91 Å². The number of benzene rings is 1. The first kappa shape index (κ1) is 13.8. The Morgan fingerprint density at radius 3 is 2.35 bits per heavy atom. The summed E-state index contributed by atoms with van der Waals surface area (Å²) in [4.78, 5) is 11.0. The number of hydrogen-bond donors (Lipinski definition) is 1. The van der Waals surface area contributed by atoms with Gasteiger partial charge < -0.3 is 5.32 Å². The van der Waals surface area contributed by atoms with Crippen molar-refractivity contribution < 1.29 is 4.79 Å². The van der Waals surface area contributed by atoms with E-state index >= 15 is 0 Å². The Morgan fingerprint density at radius 2 is 1.71 bits per heavy atom. The Balaban J connectivity index is 2.04. The highest BCUT2D eigenvalue weighted by Gasteiger charge is 1.97. The lowest BCUT2D eigenvalue weighted by molar-refractivity contribution is -0.120. The molecule has 17 heavy (non-hydrogen) atoms. The molecule has 1 rings (SSSR count). The van der Waals surface area contributed by atoms with Gasteiger partial charge in [0.15, 0.2) is 0 Å². The van der Waals surface area contributed by atoms with E-state index in [0.29, 0.717) is 6.42 Å². The zero-order valence-electron chi connectivity index (χ0n) is 11.0. The van der Waals surface area contributed by atoms with Crippen LogP contribution in [0.3, 0.4) is 0 Å². The number of carbonyl (C=O) groups excluding carboxylic acids is 1. The van der Waals surface area contributed by atoms with Crippen molar-refractivity contribution in [2.45, 2.75) is 45.4 Å². The minimum Gasteiger partial charge on any atom is -0.359 e. The number of amides is 1. The van der Waals surface area contributed by atoms with Gasteiger partial charge in [-0.1, -0.05) is 42.7 Å². The standard InChI is InChI=1S/C15H23NO/c1-13-9-11-14(12-10-13)7-5-3-4-6-8-15(17)16-2/h9-12H,3-8H2,1-2H3,(H,16,17). The van der Waals surface area contributed by atoms with Crippen LogP contribution in [0.4, 0.5) is 0 Å². The summed E-state index contributed by atoms with van der Waals surface area (Å²) in [5.41, 5.74) is 2.74. The van der Waals surface area contributed by atoms with Crippen molar-refractivity contribution in [2.24, 2.45) is 0 Å². The van der Waals surface area contributed by atoms with E-state index in [0.717, 1.165) is 19.3 Å². The van der Waals surface area contributed by atoms with Crippen LogP contribution in [0.5, 0.6) is 0 Å². The Bertz CT molecular complexity index is 329. The number of nitrogens with one attached hydrogen (secondary N) is 1. The van der Waals surface area contributed by atoms with Crippen LogP contribution < -0.4 is 5.32 Å². The first-order chi connectivity index (χ1) is 8.22. The van der Waals surface area contributed by atoms with Crippen molar-refractivity contribution in [2.75, 3.05) is 7.05 Å². The van der Waals surface area contributed by atoms with E-state index in [2.05, 4.69) is 36.5 Å². The molecule has 0 aliphatic rings. The highest BCUT2D eigenvalue weighted by Crippen LogP contribution is 2.10. The molecule has 0 aromatic heterocycles. The summed E-state index contributed by atoms with van der Waals surface area (Å²) in [6, 6.07) is 8.75. The Kier molecular flexibility index (Phi) is 6.38. The second kappa shape index (κ2) is 7.88. The Labute approximate surface area is 104 Å². The quantitative estimate of drug-likeness (QED) is 0.720. The SMILES string of the molecule is CNC(=O)CCCCCCc1ccc(C)cc1. The van der Waals surface area contributed by atoms with E-state index < -0.39 is 0 Å². The molecular formula is C15H23NO. The van der Waals surface area contributed by atoms with Crippen LogP contribution in [-0.2, 0) is 11.2 Å². The van der Waals surface area contributed by atoms with Gasteiger partial charge in [-0.2, -0.15) is 0 Å².